The molecule has 5 nitrogen and oxygen atoms in total. The maximum absolute atomic E-state index is 12.6. The summed E-state index contributed by atoms with van der Waals surface area (Å²) in [6.45, 7) is 11.5. The third-order valence-electron chi connectivity index (χ3n) is 6.02. The Morgan fingerprint density at radius 2 is 1.66 bits per heavy atom. The molecule has 0 atom stereocenters. The number of piperidine rings is 1. The van der Waals surface area contributed by atoms with Crippen molar-refractivity contribution in [2.24, 2.45) is 0 Å². The monoisotopic (exact) mass is 440 g/mol. The van der Waals surface area contributed by atoms with Crippen molar-refractivity contribution in [1.29, 1.82) is 5.26 Å². The van der Waals surface area contributed by atoms with Crippen molar-refractivity contribution in [3.63, 3.8) is 0 Å². The summed E-state index contributed by atoms with van der Waals surface area (Å²) in [6, 6.07) is 11.3. The van der Waals surface area contributed by atoms with E-state index >= 15 is 0 Å². The smallest absolute Gasteiger partial charge is 0.332 e. The van der Waals surface area contributed by atoms with Crippen LogP contribution in [0.3, 0.4) is 0 Å². The van der Waals surface area contributed by atoms with Crippen LogP contribution in [-0.4, -0.2) is 34.8 Å². The quantitative estimate of drug-likeness (QED) is 0.171. The second-order valence-electron chi connectivity index (χ2n) is 10.0. The molecule has 1 aliphatic heterocycles. The number of rotatable bonds is 11. The normalized spacial score (nSPS) is 18.8. The minimum Gasteiger partial charge on any atom is -0.459 e. The number of carbonyl (C=O) groups excluding carboxylic acids is 1. The van der Waals surface area contributed by atoms with Gasteiger partial charge in [0.25, 0.3) is 0 Å². The molecule has 0 unspecified atom stereocenters. The Morgan fingerprint density at radius 1 is 1.06 bits per heavy atom. The maximum Gasteiger partial charge on any atom is 0.332 e. The highest BCUT2D eigenvalue weighted by Crippen LogP contribution is 2.40. The maximum atomic E-state index is 12.6. The predicted molar refractivity (Wildman–Crippen MR) is 128 cm³/mol. The lowest BCUT2D eigenvalue weighted by molar-refractivity contribution is -0.293. The first-order chi connectivity index (χ1) is 15.2. The zero-order valence-electron chi connectivity index (χ0n) is 20.5. The van der Waals surface area contributed by atoms with Gasteiger partial charge >= 0.3 is 5.97 Å². The zero-order chi connectivity index (χ0) is 23.6. The standard InChI is InChI=1S/C27H40N2O3/c1-6-7-8-9-10-14-17-31-29-26(2,3)19-24(20-27(29,4)5)32-25(30)18-23(21-28)22-15-12-11-13-16-22/h11-13,15-16,18,24H,6-10,14,17,19-20H2,1-5H3. The van der Waals surface area contributed by atoms with E-state index in [9.17, 15) is 10.1 Å². The number of ether oxygens (including phenoxy) is 1. The first-order valence-corrected chi connectivity index (χ1v) is 12.0. The largest absolute Gasteiger partial charge is 0.459 e. The van der Waals surface area contributed by atoms with Crippen molar-refractivity contribution in [3.05, 3.63) is 42.0 Å². The van der Waals surface area contributed by atoms with Crippen LogP contribution in [0.2, 0.25) is 0 Å². The van der Waals surface area contributed by atoms with Gasteiger partial charge in [-0.25, -0.2) is 4.79 Å². The molecule has 2 rings (SSSR count). The van der Waals surface area contributed by atoms with Crippen LogP contribution in [0.4, 0.5) is 0 Å². The molecule has 0 saturated carbocycles. The van der Waals surface area contributed by atoms with Gasteiger partial charge < -0.3 is 4.74 Å². The average Bonchev–Trinajstić information content (AvgIpc) is 2.72. The van der Waals surface area contributed by atoms with Crippen LogP contribution >= 0.6 is 0 Å². The Bertz CT molecular complexity index is 775. The molecule has 0 spiro atoms. The number of nitrogens with zero attached hydrogens (tertiary/aromatic N) is 2. The van der Waals surface area contributed by atoms with Crippen molar-refractivity contribution in [1.82, 2.24) is 5.06 Å². The highest BCUT2D eigenvalue weighted by molar-refractivity contribution is 5.95. The molecule has 0 amide bonds. The lowest BCUT2D eigenvalue weighted by atomic mass is 9.80. The molecular formula is C27H40N2O3. The third kappa shape index (κ3) is 7.76. The van der Waals surface area contributed by atoms with Crippen molar-refractivity contribution < 1.29 is 14.4 Å². The van der Waals surface area contributed by atoms with Crippen LogP contribution in [0.25, 0.3) is 5.57 Å². The second-order valence-corrected chi connectivity index (χ2v) is 10.0. The molecular weight excluding hydrogens is 400 g/mol. The molecule has 1 aromatic carbocycles. The molecule has 5 heteroatoms. The van der Waals surface area contributed by atoms with Gasteiger partial charge in [0.15, 0.2) is 0 Å². The van der Waals surface area contributed by atoms with Gasteiger partial charge in [0.1, 0.15) is 12.2 Å². The summed E-state index contributed by atoms with van der Waals surface area (Å²) < 4.78 is 5.80. The van der Waals surface area contributed by atoms with E-state index in [4.69, 9.17) is 9.57 Å². The van der Waals surface area contributed by atoms with Crippen molar-refractivity contribution in [2.75, 3.05) is 6.61 Å². The number of allylic oxidation sites excluding steroid dienone is 1. The SMILES string of the molecule is CCCCCCCCON1C(C)(C)CC(OC(=O)C=C(C#N)c2ccccc2)CC1(C)C. The van der Waals surface area contributed by atoms with Gasteiger partial charge in [0.2, 0.25) is 0 Å². The minimum atomic E-state index is -0.469. The fourth-order valence-electron chi connectivity index (χ4n) is 4.76. The summed E-state index contributed by atoms with van der Waals surface area (Å²) >= 11 is 0. The van der Waals surface area contributed by atoms with Crippen LogP contribution in [0.5, 0.6) is 0 Å². The van der Waals surface area contributed by atoms with Gasteiger partial charge in [-0.05, 0) is 39.7 Å². The molecule has 0 radical (unpaired) electrons. The fraction of sp³-hybridized carbons (Fsp3) is 0.630. The number of esters is 1. The van der Waals surface area contributed by atoms with Gasteiger partial charge in [-0.2, -0.15) is 10.3 Å². The summed E-state index contributed by atoms with van der Waals surface area (Å²) in [5.41, 5.74) is 0.492. The molecule has 32 heavy (non-hydrogen) atoms. The molecule has 1 fully saturated rings. The Labute approximate surface area is 194 Å². The van der Waals surface area contributed by atoms with E-state index in [2.05, 4.69) is 45.8 Å². The van der Waals surface area contributed by atoms with Gasteiger partial charge in [-0.3, -0.25) is 4.84 Å². The topological polar surface area (TPSA) is 62.6 Å². The van der Waals surface area contributed by atoms with Crippen molar-refractivity contribution >= 4 is 11.5 Å². The van der Waals surface area contributed by atoms with E-state index in [1.165, 1.54) is 38.2 Å². The fourth-order valence-corrected chi connectivity index (χ4v) is 4.76. The van der Waals surface area contributed by atoms with E-state index in [1.54, 1.807) is 0 Å². The number of hydroxylamine groups is 2. The molecule has 1 saturated heterocycles. The Morgan fingerprint density at radius 3 is 2.25 bits per heavy atom. The summed E-state index contributed by atoms with van der Waals surface area (Å²) in [5, 5.41) is 11.6. The molecule has 1 aliphatic rings. The molecule has 176 valence electrons. The molecule has 0 aromatic heterocycles. The van der Waals surface area contributed by atoms with Crippen LogP contribution in [0.1, 0.15) is 91.5 Å². The van der Waals surface area contributed by atoms with E-state index in [0.29, 0.717) is 24.0 Å². The number of hydrogen-bond donors (Lipinski definition) is 0. The summed E-state index contributed by atoms with van der Waals surface area (Å²) in [5.74, 6) is -0.469. The first kappa shape index (κ1) is 26.1. The third-order valence-corrected chi connectivity index (χ3v) is 6.02. The number of benzene rings is 1. The van der Waals surface area contributed by atoms with E-state index in [-0.39, 0.29) is 17.2 Å². The summed E-state index contributed by atoms with van der Waals surface area (Å²) in [6.07, 6.45) is 9.83. The van der Waals surface area contributed by atoms with E-state index < -0.39 is 5.97 Å². The Hall–Kier alpha value is -2.16. The highest BCUT2D eigenvalue weighted by Gasteiger charge is 2.47. The zero-order valence-corrected chi connectivity index (χ0v) is 20.5. The average molecular weight is 441 g/mol. The van der Waals surface area contributed by atoms with Gasteiger partial charge in [-0.1, -0.05) is 69.4 Å². The van der Waals surface area contributed by atoms with Crippen LogP contribution in [0, 0.1) is 11.3 Å². The predicted octanol–water partition coefficient (Wildman–Crippen LogP) is 6.45. The minimum absolute atomic E-state index is 0.228. The Kier molecular flexibility index (Phi) is 9.93. The van der Waals surface area contributed by atoms with Crippen molar-refractivity contribution in [3.8, 4) is 6.07 Å². The highest BCUT2D eigenvalue weighted by atomic mass is 16.7. The van der Waals surface area contributed by atoms with Crippen LogP contribution in [-0.2, 0) is 14.4 Å². The molecule has 1 aromatic rings. The molecule has 0 aliphatic carbocycles. The number of nitriles is 1. The van der Waals surface area contributed by atoms with Crippen LogP contribution < -0.4 is 0 Å². The van der Waals surface area contributed by atoms with Gasteiger partial charge in [0.05, 0.1) is 12.2 Å². The first-order valence-electron chi connectivity index (χ1n) is 12.0. The van der Waals surface area contributed by atoms with E-state index in [1.807, 2.05) is 30.3 Å². The number of unbranched alkanes of at least 4 members (excludes halogenated alkanes) is 5. The number of hydrogen-bond acceptors (Lipinski definition) is 5. The van der Waals surface area contributed by atoms with Gasteiger partial charge in [0, 0.05) is 30.0 Å². The van der Waals surface area contributed by atoms with Gasteiger partial charge in [-0.15, -0.1) is 0 Å². The van der Waals surface area contributed by atoms with Crippen LogP contribution in [0.15, 0.2) is 36.4 Å². The van der Waals surface area contributed by atoms with Crippen molar-refractivity contribution in [2.45, 2.75) is 103 Å². The molecule has 0 N–H and O–H groups in total. The Balaban J connectivity index is 1.93. The summed E-state index contributed by atoms with van der Waals surface area (Å²) in [7, 11) is 0. The molecule has 0 bridgehead atoms. The lowest BCUT2D eigenvalue weighted by Gasteiger charge is -2.53. The molecule has 1 heterocycles. The number of carbonyl (C=O) groups is 1. The lowest BCUT2D eigenvalue weighted by Crippen LogP contribution is -2.62. The summed E-state index contributed by atoms with van der Waals surface area (Å²) in [4.78, 5) is 18.8. The second kappa shape index (κ2) is 12.2. The van der Waals surface area contributed by atoms with E-state index in [0.717, 1.165) is 13.0 Å².